The van der Waals surface area contributed by atoms with Gasteiger partial charge in [-0.05, 0) is 30.3 Å². The molecule has 0 bridgehead atoms. The summed E-state index contributed by atoms with van der Waals surface area (Å²) >= 11 is 5.77. The molecule has 0 aliphatic heterocycles. The van der Waals surface area contributed by atoms with E-state index in [0.29, 0.717) is 17.2 Å². The van der Waals surface area contributed by atoms with Gasteiger partial charge in [0.15, 0.2) is 6.61 Å². The molecule has 132 valence electrons. The van der Waals surface area contributed by atoms with Crippen molar-refractivity contribution in [3.05, 3.63) is 47.0 Å². The zero-order valence-electron chi connectivity index (χ0n) is 13.5. The van der Waals surface area contributed by atoms with Crippen LogP contribution in [0.1, 0.15) is 10.4 Å². The maximum absolute atomic E-state index is 12.1. The first-order chi connectivity index (χ1) is 11.9. The van der Waals surface area contributed by atoms with E-state index in [4.69, 9.17) is 30.9 Å². The lowest BCUT2D eigenvalue weighted by atomic mass is 10.2. The van der Waals surface area contributed by atoms with Crippen molar-refractivity contribution in [3.8, 4) is 17.2 Å². The number of hydrogen-bond donors (Lipinski definition) is 2. The number of benzene rings is 2. The van der Waals surface area contributed by atoms with Crippen molar-refractivity contribution in [2.45, 2.75) is 0 Å². The van der Waals surface area contributed by atoms with Crippen molar-refractivity contribution < 1.29 is 28.9 Å². The molecule has 0 aliphatic rings. The first-order valence-electron chi connectivity index (χ1n) is 7.12. The molecule has 0 saturated heterocycles. The monoisotopic (exact) mass is 365 g/mol. The second kappa shape index (κ2) is 8.25. The molecule has 0 heterocycles. The van der Waals surface area contributed by atoms with Crippen molar-refractivity contribution in [2.75, 3.05) is 26.1 Å². The van der Waals surface area contributed by atoms with Gasteiger partial charge in [0.25, 0.3) is 5.91 Å². The van der Waals surface area contributed by atoms with Crippen LogP contribution in [0.15, 0.2) is 36.4 Å². The quantitative estimate of drug-likeness (QED) is 0.783. The van der Waals surface area contributed by atoms with Gasteiger partial charge in [-0.1, -0.05) is 11.6 Å². The molecular formula is C17H16ClNO6. The van der Waals surface area contributed by atoms with E-state index in [1.165, 1.54) is 32.4 Å². The maximum atomic E-state index is 12.1. The van der Waals surface area contributed by atoms with Crippen LogP contribution < -0.4 is 19.5 Å². The van der Waals surface area contributed by atoms with Gasteiger partial charge in [-0.25, -0.2) is 4.79 Å². The standard InChI is InChI=1S/C17H16ClNO6/c1-23-11-4-5-13(15(8-11)24-2)19-16(20)9-25-14-6-3-10(18)7-12(14)17(21)22/h3-8H,9H2,1-2H3,(H,19,20)(H,21,22). The van der Waals surface area contributed by atoms with E-state index in [1.54, 1.807) is 18.2 Å². The third-order valence-corrected chi connectivity index (χ3v) is 3.45. The van der Waals surface area contributed by atoms with Gasteiger partial charge in [0.05, 0.1) is 19.9 Å². The van der Waals surface area contributed by atoms with E-state index < -0.39 is 11.9 Å². The molecule has 2 aromatic rings. The molecule has 2 N–H and O–H groups in total. The van der Waals surface area contributed by atoms with Gasteiger partial charge in [0.2, 0.25) is 0 Å². The number of carbonyl (C=O) groups excluding carboxylic acids is 1. The first-order valence-corrected chi connectivity index (χ1v) is 7.50. The highest BCUT2D eigenvalue weighted by atomic mass is 35.5. The Morgan fingerprint density at radius 3 is 2.48 bits per heavy atom. The van der Waals surface area contributed by atoms with E-state index >= 15 is 0 Å². The molecule has 25 heavy (non-hydrogen) atoms. The lowest BCUT2D eigenvalue weighted by Crippen LogP contribution is -2.21. The van der Waals surface area contributed by atoms with E-state index in [9.17, 15) is 9.59 Å². The summed E-state index contributed by atoms with van der Waals surface area (Å²) in [6.07, 6.45) is 0. The number of methoxy groups -OCH3 is 2. The Kier molecular flexibility index (Phi) is 6.08. The van der Waals surface area contributed by atoms with Gasteiger partial charge in [0.1, 0.15) is 22.8 Å². The average Bonchev–Trinajstić information content (AvgIpc) is 2.60. The van der Waals surface area contributed by atoms with Gasteiger partial charge >= 0.3 is 5.97 Å². The maximum Gasteiger partial charge on any atom is 0.339 e. The molecule has 8 heteroatoms. The highest BCUT2D eigenvalue weighted by Gasteiger charge is 2.14. The number of aromatic carboxylic acids is 1. The van der Waals surface area contributed by atoms with Crippen molar-refractivity contribution in [2.24, 2.45) is 0 Å². The van der Waals surface area contributed by atoms with Gasteiger partial charge in [-0.2, -0.15) is 0 Å². The number of anilines is 1. The third kappa shape index (κ3) is 4.77. The Morgan fingerprint density at radius 2 is 1.84 bits per heavy atom. The third-order valence-electron chi connectivity index (χ3n) is 3.21. The van der Waals surface area contributed by atoms with Crippen molar-refractivity contribution in [1.29, 1.82) is 0 Å². The van der Waals surface area contributed by atoms with Crippen molar-refractivity contribution >= 4 is 29.2 Å². The molecule has 2 aromatic carbocycles. The van der Waals surface area contributed by atoms with Gasteiger partial charge in [0, 0.05) is 11.1 Å². The Labute approximate surface area is 149 Å². The number of halogens is 1. The zero-order valence-corrected chi connectivity index (χ0v) is 14.3. The first kappa shape index (κ1) is 18.4. The Morgan fingerprint density at radius 1 is 1.08 bits per heavy atom. The fraction of sp³-hybridized carbons (Fsp3) is 0.176. The molecule has 1 amide bonds. The van der Waals surface area contributed by atoms with E-state index in [2.05, 4.69) is 5.32 Å². The number of hydrogen-bond acceptors (Lipinski definition) is 5. The van der Waals surface area contributed by atoms with Crippen molar-refractivity contribution in [1.82, 2.24) is 0 Å². The molecule has 0 atom stereocenters. The average molecular weight is 366 g/mol. The zero-order chi connectivity index (χ0) is 18.4. The number of carbonyl (C=O) groups is 2. The Bertz CT molecular complexity index is 793. The summed E-state index contributed by atoms with van der Waals surface area (Å²) in [5.41, 5.74) is 0.314. The van der Waals surface area contributed by atoms with Crippen LogP contribution in [0.2, 0.25) is 5.02 Å². The predicted molar refractivity (Wildman–Crippen MR) is 92.1 cm³/mol. The largest absolute Gasteiger partial charge is 0.497 e. The summed E-state index contributed by atoms with van der Waals surface area (Å²) in [7, 11) is 2.99. The second-order valence-corrected chi connectivity index (χ2v) is 5.29. The molecule has 0 saturated carbocycles. The topological polar surface area (TPSA) is 94.1 Å². The minimum Gasteiger partial charge on any atom is -0.497 e. The molecule has 0 spiro atoms. The van der Waals surface area contributed by atoms with Crippen LogP contribution in [0, 0.1) is 0 Å². The fourth-order valence-electron chi connectivity index (χ4n) is 2.03. The number of ether oxygens (including phenoxy) is 3. The number of amides is 1. The molecule has 0 radical (unpaired) electrons. The van der Waals surface area contributed by atoms with Crippen LogP contribution >= 0.6 is 11.6 Å². The number of carboxylic acid groups (broad SMARTS) is 1. The number of carboxylic acids is 1. The van der Waals surface area contributed by atoms with Gasteiger partial charge in [-0.15, -0.1) is 0 Å². The van der Waals surface area contributed by atoms with Crippen LogP contribution in [-0.4, -0.2) is 37.8 Å². The summed E-state index contributed by atoms with van der Waals surface area (Å²) in [6, 6.07) is 9.05. The van der Waals surface area contributed by atoms with E-state index in [0.717, 1.165) is 0 Å². The number of nitrogens with one attached hydrogen (secondary N) is 1. The normalized spacial score (nSPS) is 10.0. The minimum atomic E-state index is -1.20. The van der Waals surface area contributed by atoms with Gasteiger partial charge < -0.3 is 24.6 Å². The van der Waals surface area contributed by atoms with E-state index in [-0.39, 0.29) is 22.9 Å². The number of rotatable bonds is 7. The van der Waals surface area contributed by atoms with E-state index in [1.807, 2.05) is 0 Å². The highest BCUT2D eigenvalue weighted by Crippen LogP contribution is 2.29. The van der Waals surface area contributed by atoms with Crippen LogP contribution in [-0.2, 0) is 4.79 Å². The summed E-state index contributed by atoms with van der Waals surface area (Å²) in [6.45, 7) is -0.378. The molecule has 2 rings (SSSR count). The summed E-state index contributed by atoms with van der Waals surface area (Å²) in [4.78, 5) is 23.2. The SMILES string of the molecule is COc1ccc(NC(=O)COc2ccc(Cl)cc2C(=O)O)c(OC)c1. The van der Waals surface area contributed by atoms with Crippen LogP contribution in [0.3, 0.4) is 0 Å². The lowest BCUT2D eigenvalue weighted by molar-refractivity contribution is -0.118. The molecule has 0 aromatic heterocycles. The van der Waals surface area contributed by atoms with Crippen LogP contribution in [0.25, 0.3) is 0 Å². The molecule has 7 nitrogen and oxygen atoms in total. The molecule has 0 unspecified atom stereocenters. The Hall–Kier alpha value is -2.93. The van der Waals surface area contributed by atoms with Gasteiger partial charge in [-0.3, -0.25) is 4.79 Å². The minimum absolute atomic E-state index is 0.0498. The molecule has 0 aliphatic carbocycles. The van der Waals surface area contributed by atoms with Crippen molar-refractivity contribution in [3.63, 3.8) is 0 Å². The summed E-state index contributed by atoms with van der Waals surface area (Å²) in [5, 5.41) is 12.0. The summed E-state index contributed by atoms with van der Waals surface area (Å²) in [5.74, 6) is -0.623. The second-order valence-electron chi connectivity index (χ2n) is 4.85. The Balaban J connectivity index is 2.06. The van der Waals surface area contributed by atoms with Crippen LogP contribution in [0.5, 0.6) is 17.2 Å². The van der Waals surface area contributed by atoms with Crippen LogP contribution in [0.4, 0.5) is 5.69 Å². The molecule has 0 fully saturated rings. The smallest absolute Gasteiger partial charge is 0.339 e. The summed E-state index contributed by atoms with van der Waals surface area (Å²) < 4.78 is 15.6. The predicted octanol–water partition coefficient (Wildman–Crippen LogP) is 3.07. The lowest BCUT2D eigenvalue weighted by Gasteiger charge is -2.13. The highest BCUT2D eigenvalue weighted by molar-refractivity contribution is 6.31. The fourth-order valence-corrected chi connectivity index (χ4v) is 2.20. The molecular weight excluding hydrogens is 350 g/mol.